The molecule has 0 bridgehead atoms. The third kappa shape index (κ3) is 2.25. The monoisotopic (exact) mass is 222 g/mol. The van der Waals surface area contributed by atoms with Crippen LogP contribution >= 0.6 is 0 Å². The third-order valence-corrected chi connectivity index (χ3v) is 1.75. The second-order valence-electron chi connectivity index (χ2n) is 2.64. The van der Waals surface area contributed by atoms with E-state index in [9.17, 15) is 14.9 Å². The van der Waals surface area contributed by atoms with Crippen LogP contribution in [0, 0.1) is 10.1 Å². The summed E-state index contributed by atoms with van der Waals surface area (Å²) in [4.78, 5) is 23.5. The summed E-state index contributed by atoms with van der Waals surface area (Å²) in [6, 6.07) is 3.31. The fourth-order valence-corrected chi connectivity index (χ4v) is 1.05. The van der Waals surface area contributed by atoms with Gasteiger partial charge in [-0.05, 0) is 11.6 Å². The quantitative estimate of drug-likeness (QED) is 0.194. The Bertz CT molecular complexity index is 493. The molecular formula is C8H6N4O4. The maximum Gasteiger partial charge on any atom is 0.338 e. The van der Waals surface area contributed by atoms with E-state index in [1.165, 1.54) is 6.07 Å². The number of methoxy groups -OCH3 is 1. The van der Waals surface area contributed by atoms with E-state index in [4.69, 9.17) is 5.53 Å². The molecule has 0 aliphatic heterocycles. The first-order valence-corrected chi connectivity index (χ1v) is 4.02. The van der Waals surface area contributed by atoms with Gasteiger partial charge in [0.25, 0.3) is 5.69 Å². The standard InChI is InChI=1S/C8H6N4O4/c1-16-8(13)6-3-2-5(12(14)15)4-7(6)10-11-9/h2-4H,1H3. The van der Waals surface area contributed by atoms with Gasteiger partial charge in [0.1, 0.15) is 0 Å². The second kappa shape index (κ2) is 4.76. The summed E-state index contributed by atoms with van der Waals surface area (Å²) in [5.74, 6) is -0.725. The lowest BCUT2D eigenvalue weighted by atomic mass is 10.1. The highest BCUT2D eigenvalue weighted by atomic mass is 16.6. The summed E-state index contributed by atoms with van der Waals surface area (Å²) >= 11 is 0. The predicted octanol–water partition coefficient (Wildman–Crippen LogP) is 2.32. The van der Waals surface area contributed by atoms with E-state index in [1.54, 1.807) is 0 Å². The van der Waals surface area contributed by atoms with Gasteiger partial charge in [-0.25, -0.2) is 4.79 Å². The molecule has 16 heavy (non-hydrogen) atoms. The molecule has 0 radical (unpaired) electrons. The summed E-state index contributed by atoms with van der Waals surface area (Å²) in [5, 5.41) is 13.7. The van der Waals surface area contributed by atoms with Crippen LogP contribution in [0.5, 0.6) is 0 Å². The van der Waals surface area contributed by atoms with E-state index in [0.29, 0.717) is 0 Å². The van der Waals surface area contributed by atoms with Crippen molar-refractivity contribution in [3.63, 3.8) is 0 Å². The molecule has 8 heteroatoms. The first kappa shape index (κ1) is 11.5. The molecule has 0 aromatic heterocycles. The molecular weight excluding hydrogens is 216 g/mol. The number of nitro benzene ring substituents is 1. The van der Waals surface area contributed by atoms with Gasteiger partial charge < -0.3 is 4.74 Å². The van der Waals surface area contributed by atoms with Crippen LogP contribution < -0.4 is 0 Å². The maximum atomic E-state index is 11.2. The molecule has 1 aromatic carbocycles. The third-order valence-electron chi connectivity index (χ3n) is 1.75. The number of hydrogen-bond donors (Lipinski definition) is 0. The van der Waals surface area contributed by atoms with E-state index in [2.05, 4.69) is 14.8 Å². The van der Waals surface area contributed by atoms with Crippen LogP contribution in [0.1, 0.15) is 10.4 Å². The van der Waals surface area contributed by atoms with Crippen molar-refractivity contribution in [1.82, 2.24) is 0 Å². The van der Waals surface area contributed by atoms with Gasteiger partial charge in [0.2, 0.25) is 0 Å². The normalized spacial score (nSPS) is 9.06. The lowest BCUT2D eigenvalue weighted by Crippen LogP contribution is -2.01. The van der Waals surface area contributed by atoms with Crippen LogP contribution in [0.15, 0.2) is 23.3 Å². The number of nitro groups is 1. The summed E-state index contributed by atoms with van der Waals surface area (Å²) < 4.78 is 4.43. The molecule has 0 saturated heterocycles. The molecule has 0 amide bonds. The maximum absolute atomic E-state index is 11.2. The van der Waals surface area contributed by atoms with Crippen LogP contribution in [0.3, 0.4) is 0 Å². The minimum absolute atomic E-state index is 0.0223. The van der Waals surface area contributed by atoms with Crippen molar-refractivity contribution in [2.45, 2.75) is 0 Å². The van der Waals surface area contributed by atoms with Gasteiger partial charge in [-0.2, -0.15) is 0 Å². The highest BCUT2D eigenvalue weighted by Crippen LogP contribution is 2.25. The number of rotatable bonds is 3. The molecule has 0 aliphatic rings. The number of carbonyl (C=O) groups is 1. The largest absolute Gasteiger partial charge is 0.465 e. The van der Waals surface area contributed by atoms with Crippen molar-refractivity contribution in [1.29, 1.82) is 0 Å². The zero-order valence-corrected chi connectivity index (χ0v) is 8.15. The number of ether oxygens (including phenoxy) is 1. The topological polar surface area (TPSA) is 118 Å². The fourth-order valence-electron chi connectivity index (χ4n) is 1.05. The summed E-state index contributed by atoms with van der Waals surface area (Å²) in [5.41, 5.74) is 7.84. The van der Waals surface area contributed by atoms with Crippen molar-refractivity contribution in [2.24, 2.45) is 5.11 Å². The first-order valence-electron chi connectivity index (χ1n) is 4.02. The number of azide groups is 1. The number of non-ortho nitro benzene ring substituents is 1. The van der Waals surface area contributed by atoms with Crippen molar-refractivity contribution in [3.05, 3.63) is 44.3 Å². The van der Waals surface area contributed by atoms with Crippen molar-refractivity contribution in [3.8, 4) is 0 Å². The highest BCUT2D eigenvalue weighted by Gasteiger charge is 2.15. The van der Waals surface area contributed by atoms with E-state index < -0.39 is 10.9 Å². The molecule has 0 saturated carbocycles. The van der Waals surface area contributed by atoms with Crippen molar-refractivity contribution < 1.29 is 14.5 Å². The molecule has 0 fully saturated rings. The Labute approximate surface area is 89.2 Å². The lowest BCUT2D eigenvalue weighted by Gasteiger charge is -2.02. The Morgan fingerprint density at radius 1 is 1.62 bits per heavy atom. The Balaban J connectivity index is 3.35. The Morgan fingerprint density at radius 2 is 2.31 bits per heavy atom. The molecule has 0 unspecified atom stereocenters. The average molecular weight is 222 g/mol. The molecule has 0 spiro atoms. The van der Waals surface area contributed by atoms with Gasteiger partial charge >= 0.3 is 5.97 Å². The zero-order chi connectivity index (χ0) is 12.1. The number of nitrogens with zero attached hydrogens (tertiary/aromatic N) is 4. The van der Waals surface area contributed by atoms with Gasteiger partial charge in [-0.1, -0.05) is 5.11 Å². The van der Waals surface area contributed by atoms with Crippen LogP contribution in [-0.2, 0) is 4.74 Å². The van der Waals surface area contributed by atoms with Gasteiger partial charge in [-0.15, -0.1) is 0 Å². The summed E-state index contributed by atoms with van der Waals surface area (Å²) in [6.45, 7) is 0. The average Bonchev–Trinajstić information content (AvgIpc) is 2.28. The number of benzene rings is 1. The molecule has 1 rings (SSSR count). The van der Waals surface area contributed by atoms with Crippen molar-refractivity contribution in [2.75, 3.05) is 7.11 Å². The smallest absolute Gasteiger partial charge is 0.338 e. The van der Waals surface area contributed by atoms with E-state index in [-0.39, 0.29) is 16.9 Å². The molecule has 0 aliphatic carbocycles. The van der Waals surface area contributed by atoms with E-state index >= 15 is 0 Å². The van der Waals surface area contributed by atoms with Crippen LogP contribution in [-0.4, -0.2) is 18.0 Å². The predicted molar refractivity (Wildman–Crippen MR) is 53.2 cm³/mol. The van der Waals surface area contributed by atoms with Crippen LogP contribution in [0.2, 0.25) is 0 Å². The zero-order valence-electron chi connectivity index (χ0n) is 8.15. The van der Waals surface area contributed by atoms with Crippen molar-refractivity contribution >= 4 is 17.3 Å². The number of hydrogen-bond acceptors (Lipinski definition) is 5. The fraction of sp³-hybridized carbons (Fsp3) is 0.125. The number of esters is 1. The second-order valence-corrected chi connectivity index (χ2v) is 2.64. The summed E-state index contributed by atoms with van der Waals surface area (Å²) in [7, 11) is 1.16. The van der Waals surface area contributed by atoms with E-state index in [0.717, 1.165) is 19.2 Å². The van der Waals surface area contributed by atoms with Crippen LogP contribution in [0.25, 0.3) is 10.4 Å². The van der Waals surface area contributed by atoms with E-state index in [1.807, 2.05) is 0 Å². The Kier molecular flexibility index (Phi) is 3.41. The molecule has 0 atom stereocenters. The van der Waals surface area contributed by atoms with Gasteiger partial charge in [-0.3, -0.25) is 10.1 Å². The SMILES string of the molecule is COC(=O)c1ccc([N+](=O)[O-])cc1N=[N+]=[N-]. The highest BCUT2D eigenvalue weighted by molar-refractivity contribution is 5.95. The molecule has 0 N–H and O–H groups in total. The summed E-state index contributed by atoms with van der Waals surface area (Å²) in [6.07, 6.45) is 0. The van der Waals surface area contributed by atoms with Gasteiger partial charge in [0, 0.05) is 17.0 Å². The lowest BCUT2D eigenvalue weighted by molar-refractivity contribution is -0.384. The Hall–Kier alpha value is -2.60. The minimum atomic E-state index is -0.725. The number of carbonyl (C=O) groups excluding carboxylic acids is 1. The first-order chi connectivity index (χ1) is 7.60. The van der Waals surface area contributed by atoms with Gasteiger partial charge in [0.15, 0.2) is 0 Å². The Morgan fingerprint density at radius 3 is 2.81 bits per heavy atom. The van der Waals surface area contributed by atoms with Gasteiger partial charge in [0.05, 0.1) is 23.3 Å². The molecule has 0 heterocycles. The molecule has 8 nitrogen and oxygen atoms in total. The minimum Gasteiger partial charge on any atom is -0.465 e. The van der Waals surface area contributed by atoms with Crippen LogP contribution in [0.4, 0.5) is 11.4 Å². The molecule has 1 aromatic rings. The molecule has 82 valence electrons.